The molecule has 0 bridgehead atoms. The molecule has 1 atom stereocenters. The fourth-order valence-corrected chi connectivity index (χ4v) is 3.03. The first kappa shape index (κ1) is 21.7. The molecule has 152 valence electrons. The van der Waals surface area contributed by atoms with Gasteiger partial charge in [-0.05, 0) is 31.0 Å². The number of methoxy groups -OCH3 is 1. The third-order valence-corrected chi connectivity index (χ3v) is 4.56. The van der Waals surface area contributed by atoms with Crippen molar-refractivity contribution >= 4 is 29.6 Å². The van der Waals surface area contributed by atoms with Gasteiger partial charge in [0.05, 0.1) is 18.2 Å². The molecule has 0 aromatic heterocycles. The number of hydrogen-bond acceptors (Lipinski definition) is 5. The van der Waals surface area contributed by atoms with Crippen molar-refractivity contribution in [1.29, 1.82) is 0 Å². The van der Waals surface area contributed by atoms with Crippen LogP contribution in [0.2, 0.25) is 5.02 Å². The molecule has 0 spiro atoms. The zero-order valence-electron chi connectivity index (χ0n) is 15.7. The fraction of sp³-hybridized carbons (Fsp3) is 0.421. The summed E-state index contributed by atoms with van der Waals surface area (Å²) in [5.74, 6) is -1.52. The number of nitrogens with zero attached hydrogens (tertiary/aromatic N) is 1. The third-order valence-electron chi connectivity index (χ3n) is 4.31. The Labute approximate surface area is 168 Å². The van der Waals surface area contributed by atoms with Gasteiger partial charge in [0.2, 0.25) is 0 Å². The summed E-state index contributed by atoms with van der Waals surface area (Å²) in [7, 11) is 1.50. The average molecular weight is 411 g/mol. The van der Waals surface area contributed by atoms with E-state index in [0.29, 0.717) is 16.3 Å². The van der Waals surface area contributed by atoms with Crippen molar-refractivity contribution in [1.82, 2.24) is 10.2 Å². The highest BCUT2D eigenvalue weighted by atomic mass is 35.5. The lowest BCUT2D eigenvalue weighted by Gasteiger charge is -2.35. The quantitative estimate of drug-likeness (QED) is 0.479. The number of aliphatic carboxylic acids is 1. The molecule has 0 unspecified atom stereocenters. The summed E-state index contributed by atoms with van der Waals surface area (Å²) in [6.07, 6.45) is 0.184. The van der Waals surface area contributed by atoms with Gasteiger partial charge in [-0.1, -0.05) is 23.7 Å². The fourth-order valence-electron chi connectivity index (χ4n) is 2.90. The number of carbonyl (C=O) groups excluding carboxylic acids is 2. The Hall–Kier alpha value is -2.58. The summed E-state index contributed by atoms with van der Waals surface area (Å²) in [5.41, 5.74) is 1.39. The number of carboxylic acids is 1. The summed E-state index contributed by atoms with van der Waals surface area (Å²) in [5, 5.41) is 12.2. The molecule has 0 saturated carbocycles. The van der Waals surface area contributed by atoms with Gasteiger partial charge in [0.1, 0.15) is 6.61 Å². The monoisotopic (exact) mass is 410 g/mol. The van der Waals surface area contributed by atoms with E-state index in [9.17, 15) is 14.4 Å². The number of allylic oxidation sites excluding steroid dienone is 1. The molecule has 0 saturated heterocycles. The van der Waals surface area contributed by atoms with Gasteiger partial charge in [0, 0.05) is 30.8 Å². The molecule has 0 aliphatic carbocycles. The summed E-state index contributed by atoms with van der Waals surface area (Å²) in [4.78, 5) is 37.5. The summed E-state index contributed by atoms with van der Waals surface area (Å²) >= 11 is 5.94. The first-order valence-corrected chi connectivity index (χ1v) is 9.15. The van der Waals surface area contributed by atoms with Crippen molar-refractivity contribution in [3.05, 3.63) is 46.1 Å². The van der Waals surface area contributed by atoms with Crippen LogP contribution in [0.5, 0.6) is 0 Å². The smallest absolute Gasteiger partial charge is 0.338 e. The van der Waals surface area contributed by atoms with Crippen LogP contribution < -0.4 is 5.32 Å². The van der Waals surface area contributed by atoms with Crippen molar-refractivity contribution in [3.63, 3.8) is 0 Å². The van der Waals surface area contributed by atoms with Gasteiger partial charge in [-0.25, -0.2) is 9.59 Å². The molecule has 2 amide bonds. The standard InChI is InChI=1S/C19H23ClN2O6/c1-12-16(18(25)28-11-10-27-2)17(13-5-7-14(20)8-6-13)21-19(26)22(12)9-3-4-15(23)24/h5-8,17H,3-4,9-11H2,1-2H3,(H,21,26)(H,23,24)/t17-/m1/s1. The van der Waals surface area contributed by atoms with Crippen molar-refractivity contribution in [2.75, 3.05) is 26.9 Å². The molecule has 2 rings (SSSR count). The predicted molar refractivity (Wildman–Crippen MR) is 102 cm³/mol. The van der Waals surface area contributed by atoms with E-state index in [2.05, 4.69) is 5.32 Å². The number of hydrogen-bond donors (Lipinski definition) is 2. The molecule has 1 heterocycles. The Morgan fingerprint density at radius 1 is 1.25 bits per heavy atom. The van der Waals surface area contributed by atoms with E-state index in [0.717, 1.165) is 0 Å². The van der Waals surface area contributed by atoms with Crippen LogP contribution in [0.3, 0.4) is 0 Å². The number of ether oxygens (including phenoxy) is 2. The van der Waals surface area contributed by atoms with Gasteiger partial charge in [0.25, 0.3) is 0 Å². The number of nitrogens with one attached hydrogen (secondary N) is 1. The highest BCUT2D eigenvalue weighted by Crippen LogP contribution is 2.32. The number of rotatable bonds is 9. The first-order chi connectivity index (χ1) is 13.3. The lowest BCUT2D eigenvalue weighted by molar-refractivity contribution is -0.141. The van der Waals surface area contributed by atoms with Crippen molar-refractivity contribution in [2.24, 2.45) is 0 Å². The minimum absolute atomic E-state index is 0.0758. The second kappa shape index (κ2) is 10.1. The van der Waals surface area contributed by atoms with Gasteiger partial charge in [-0.2, -0.15) is 0 Å². The second-order valence-corrected chi connectivity index (χ2v) is 6.65. The van der Waals surface area contributed by atoms with Gasteiger partial charge >= 0.3 is 18.0 Å². The molecule has 8 nitrogen and oxygen atoms in total. The van der Waals surface area contributed by atoms with E-state index >= 15 is 0 Å². The van der Waals surface area contributed by atoms with Gasteiger partial charge < -0.3 is 19.9 Å². The molecular formula is C19H23ClN2O6. The van der Waals surface area contributed by atoms with Crippen molar-refractivity contribution in [3.8, 4) is 0 Å². The van der Waals surface area contributed by atoms with Crippen molar-refractivity contribution in [2.45, 2.75) is 25.8 Å². The van der Waals surface area contributed by atoms with E-state index in [1.54, 1.807) is 31.2 Å². The van der Waals surface area contributed by atoms with E-state index in [1.807, 2.05) is 0 Å². The maximum absolute atomic E-state index is 12.7. The maximum atomic E-state index is 12.7. The zero-order chi connectivity index (χ0) is 20.7. The van der Waals surface area contributed by atoms with Crippen molar-refractivity contribution < 1.29 is 29.0 Å². The first-order valence-electron chi connectivity index (χ1n) is 8.77. The molecule has 2 N–H and O–H groups in total. The minimum atomic E-state index is -0.947. The summed E-state index contributed by atoms with van der Waals surface area (Å²) < 4.78 is 10.2. The number of carbonyl (C=O) groups is 3. The van der Waals surface area contributed by atoms with Crippen LogP contribution in [-0.4, -0.2) is 54.8 Å². The number of amides is 2. The molecule has 9 heteroatoms. The maximum Gasteiger partial charge on any atom is 0.338 e. The number of urea groups is 1. The lowest BCUT2D eigenvalue weighted by Crippen LogP contribution is -2.48. The van der Waals surface area contributed by atoms with E-state index < -0.39 is 24.0 Å². The number of benzene rings is 1. The summed E-state index contributed by atoms with van der Waals surface area (Å²) in [6.45, 7) is 2.15. The van der Waals surface area contributed by atoms with Crippen LogP contribution in [0, 0.1) is 0 Å². The average Bonchev–Trinajstić information content (AvgIpc) is 2.64. The van der Waals surface area contributed by atoms with Crippen LogP contribution in [0.4, 0.5) is 4.79 Å². The molecule has 1 aliphatic heterocycles. The van der Waals surface area contributed by atoms with Crippen LogP contribution in [-0.2, 0) is 19.1 Å². The normalized spacial score (nSPS) is 16.8. The third kappa shape index (κ3) is 5.46. The van der Waals surface area contributed by atoms with Gasteiger partial charge in [-0.15, -0.1) is 0 Å². The molecule has 0 fully saturated rings. The number of halogens is 1. The molecule has 28 heavy (non-hydrogen) atoms. The van der Waals surface area contributed by atoms with Gasteiger partial charge in [-0.3, -0.25) is 9.69 Å². The largest absolute Gasteiger partial charge is 0.481 e. The zero-order valence-corrected chi connectivity index (χ0v) is 16.5. The Kier molecular flexibility index (Phi) is 7.83. The SMILES string of the molecule is COCCOC(=O)C1=C(C)N(CCCC(=O)O)C(=O)N[C@@H]1c1ccc(Cl)cc1. The lowest BCUT2D eigenvalue weighted by atomic mass is 9.95. The van der Waals surface area contributed by atoms with E-state index in [-0.39, 0.29) is 38.2 Å². The second-order valence-electron chi connectivity index (χ2n) is 6.21. The number of carboxylic acid groups (broad SMARTS) is 1. The minimum Gasteiger partial charge on any atom is -0.481 e. The molecule has 1 aromatic rings. The van der Waals surface area contributed by atoms with Crippen LogP contribution in [0.25, 0.3) is 0 Å². The highest BCUT2D eigenvalue weighted by molar-refractivity contribution is 6.30. The highest BCUT2D eigenvalue weighted by Gasteiger charge is 2.36. The topological polar surface area (TPSA) is 105 Å². The van der Waals surface area contributed by atoms with Crippen LogP contribution in [0.15, 0.2) is 35.5 Å². The molecular weight excluding hydrogens is 388 g/mol. The van der Waals surface area contributed by atoms with Crippen LogP contribution in [0.1, 0.15) is 31.4 Å². The predicted octanol–water partition coefficient (Wildman–Crippen LogP) is 2.73. The Morgan fingerprint density at radius 2 is 1.93 bits per heavy atom. The Bertz CT molecular complexity index is 762. The Balaban J connectivity index is 2.34. The molecule has 1 aromatic carbocycles. The van der Waals surface area contributed by atoms with Gasteiger partial charge in [0.15, 0.2) is 0 Å². The molecule has 1 aliphatic rings. The van der Waals surface area contributed by atoms with E-state index in [4.69, 9.17) is 26.2 Å². The Morgan fingerprint density at radius 3 is 2.54 bits per heavy atom. The summed E-state index contributed by atoms with van der Waals surface area (Å²) in [6, 6.07) is 5.69. The number of esters is 1. The molecule has 0 radical (unpaired) electrons. The van der Waals surface area contributed by atoms with Crippen LogP contribution >= 0.6 is 11.6 Å². The van der Waals surface area contributed by atoms with E-state index in [1.165, 1.54) is 12.0 Å².